The van der Waals surface area contributed by atoms with Crippen molar-refractivity contribution >= 4 is 21.5 Å². The van der Waals surface area contributed by atoms with Crippen molar-refractivity contribution in [1.29, 1.82) is 0 Å². The molecule has 0 saturated carbocycles. The summed E-state index contributed by atoms with van der Waals surface area (Å²) in [5.41, 5.74) is 0. The Hall–Kier alpha value is -1.28. The van der Waals surface area contributed by atoms with Crippen molar-refractivity contribution in [2.45, 2.75) is 83.7 Å². The zero-order valence-corrected chi connectivity index (χ0v) is 25.2. The molecule has 4 heteroatoms. The molecule has 0 aliphatic carbocycles. The van der Waals surface area contributed by atoms with Crippen LogP contribution in [0.1, 0.15) is 70.6 Å². The van der Waals surface area contributed by atoms with Gasteiger partial charge < -0.3 is 48.0 Å². The summed E-state index contributed by atoms with van der Waals surface area (Å²) in [4.78, 5) is 0. The Morgan fingerprint density at radius 1 is 0.371 bits per heavy atom. The molecule has 0 radical (unpaired) electrons. The van der Waals surface area contributed by atoms with E-state index >= 15 is 0 Å². The van der Waals surface area contributed by atoms with Crippen LogP contribution in [-0.4, -0.2) is 0 Å². The first-order valence-corrected chi connectivity index (χ1v) is 13.1. The van der Waals surface area contributed by atoms with Crippen LogP contribution in [0, 0.1) is 0 Å². The first-order chi connectivity index (χ1) is 16.4. The molecule has 0 aliphatic heterocycles. The van der Waals surface area contributed by atoms with Gasteiger partial charge in [-0.15, -0.1) is 0 Å². The quantitative estimate of drug-likeness (QED) is 0.108. The zero-order valence-electron chi connectivity index (χ0n) is 20.9. The highest BCUT2D eigenvalue weighted by Gasteiger charge is 2.04. The molecule has 2 aromatic carbocycles. The maximum Gasteiger partial charge on any atom is 0.176 e. The highest BCUT2D eigenvalue weighted by atomic mass is 127. The Morgan fingerprint density at radius 2 is 0.686 bits per heavy atom. The summed E-state index contributed by atoms with van der Waals surface area (Å²) >= 11 is 0. The number of rotatable bonds is 14. The van der Waals surface area contributed by atoms with Gasteiger partial charge in [0.2, 0.25) is 0 Å². The number of fused-ring (bicyclic) bond motifs is 2. The van der Waals surface area contributed by atoms with Crippen LogP contribution in [0.5, 0.6) is 0 Å². The molecule has 0 bridgehead atoms. The minimum Gasteiger partial charge on any atom is -1.00 e. The molecule has 0 N–H and O–H groups in total. The van der Waals surface area contributed by atoms with E-state index in [0.717, 1.165) is 13.1 Å². The first-order valence-electron chi connectivity index (χ1n) is 13.1. The molecule has 0 spiro atoms. The van der Waals surface area contributed by atoms with Crippen molar-refractivity contribution in [3.05, 3.63) is 85.5 Å². The molecule has 4 aromatic rings. The molecule has 0 saturated heterocycles. The lowest BCUT2D eigenvalue weighted by Gasteiger charge is -2.03. The van der Waals surface area contributed by atoms with Gasteiger partial charge in [0.15, 0.2) is 24.8 Å². The first kappa shape index (κ1) is 29.9. The van der Waals surface area contributed by atoms with E-state index in [0.29, 0.717) is 0 Å². The summed E-state index contributed by atoms with van der Waals surface area (Å²) in [5.74, 6) is 0. The molecule has 0 unspecified atom stereocenters. The van der Waals surface area contributed by atoms with Gasteiger partial charge in [0.1, 0.15) is 13.1 Å². The third kappa shape index (κ3) is 10.3. The molecule has 2 heterocycles. The zero-order chi connectivity index (χ0) is 22.6. The minimum atomic E-state index is 0. The molecule has 35 heavy (non-hydrogen) atoms. The lowest BCUT2D eigenvalue weighted by atomic mass is 10.1. The number of pyridine rings is 2. The Bertz CT molecular complexity index is 1040. The molecule has 0 amide bonds. The fourth-order valence-electron chi connectivity index (χ4n) is 4.81. The van der Waals surface area contributed by atoms with Gasteiger partial charge in [-0.1, -0.05) is 81.3 Å². The summed E-state index contributed by atoms with van der Waals surface area (Å²) < 4.78 is 4.70. The Kier molecular flexibility index (Phi) is 14.7. The van der Waals surface area contributed by atoms with Crippen LogP contribution >= 0.6 is 0 Å². The molecule has 2 aromatic heterocycles. The number of unbranched alkanes of at least 4 members (excludes halogenated alkanes) is 10. The van der Waals surface area contributed by atoms with E-state index in [1.165, 1.54) is 92.2 Å². The maximum atomic E-state index is 2.35. The highest BCUT2D eigenvalue weighted by molar-refractivity contribution is 5.80. The third-order valence-electron chi connectivity index (χ3n) is 6.83. The summed E-state index contributed by atoms with van der Waals surface area (Å²) in [6.45, 7) is 2.28. The van der Waals surface area contributed by atoms with Gasteiger partial charge in [-0.2, -0.15) is 0 Å². The average Bonchev–Trinajstić information content (AvgIpc) is 2.86. The van der Waals surface area contributed by atoms with Gasteiger partial charge in [0, 0.05) is 35.7 Å². The van der Waals surface area contributed by atoms with Crippen molar-refractivity contribution in [2.75, 3.05) is 0 Å². The van der Waals surface area contributed by atoms with Gasteiger partial charge in [0.25, 0.3) is 0 Å². The number of halogens is 2. The maximum absolute atomic E-state index is 2.35. The van der Waals surface area contributed by atoms with Gasteiger partial charge >= 0.3 is 0 Å². The lowest BCUT2D eigenvalue weighted by Crippen LogP contribution is -3.00. The molecule has 0 fully saturated rings. The molecule has 4 rings (SSSR count). The van der Waals surface area contributed by atoms with Crippen molar-refractivity contribution < 1.29 is 57.1 Å². The number of aryl methyl sites for hydroxylation is 2. The molecule has 2 nitrogen and oxygen atoms in total. The molecular weight excluding hydrogens is 654 g/mol. The number of aromatic nitrogens is 2. The number of hydrogen-bond donors (Lipinski definition) is 0. The highest BCUT2D eigenvalue weighted by Crippen LogP contribution is 2.13. The standard InChI is InChI=1S/C31H40N2.2HI/c1(2-4-6-8-14-22-32-24-20-28-16-10-12-18-30(28)26-32)3-5-7-9-15-23-33-25-21-29-17-11-13-19-31(29)27-33;;/h10-13,16-21,24-27H,1-9,14-15,22-23H2;2*1H/q+2;;/p-2. The Balaban J connectivity index is 0.00000216. The monoisotopic (exact) mass is 694 g/mol. The molecule has 188 valence electrons. The second-order valence-corrected chi connectivity index (χ2v) is 9.51. The fourth-order valence-corrected chi connectivity index (χ4v) is 4.81. The van der Waals surface area contributed by atoms with Crippen LogP contribution in [0.15, 0.2) is 85.5 Å². The molecule has 0 aliphatic rings. The third-order valence-corrected chi connectivity index (χ3v) is 6.83. The molecular formula is C31H40I2N2. The minimum absolute atomic E-state index is 0. The fraction of sp³-hybridized carbons (Fsp3) is 0.419. The number of benzene rings is 2. The van der Waals surface area contributed by atoms with Crippen molar-refractivity contribution in [1.82, 2.24) is 0 Å². The predicted molar refractivity (Wildman–Crippen MR) is 139 cm³/mol. The smallest absolute Gasteiger partial charge is 0.176 e. The summed E-state index contributed by atoms with van der Waals surface area (Å²) in [6, 6.07) is 21.7. The largest absolute Gasteiger partial charge is 1.00 e. The summed E-state index contributed by atoms with van der Waals surface area (Å²) in [7, 11) is 0. The average molecular weight is 694 g/mol. The second-order valence-electron chi connectivity index (χ2n) is 9.51. The van der Waals surface area contributed by atoms with E-state index in [1.807, 2.05) is 0 Å². The summed E-state index contributed by atoms with van der Waals surface area (Å²) in [5, 5.41) is 5.34. The van der Waals surface area contributed by atoms with Crippen molar-refractivity contribution in [3.8, 4) is 0 Å². The van der Waals surface area contributed by atoms with E-state index in [4.69, 9.17) is 0 Å². The van der Waals surface area contributed by atoms with Crippen molar-refractivity contribution in [2.24, 2.45) is 0 Å². The Labute approximate surface area is 246 Å². The normalized spacial score (nSPS) is 10.7. The van der Waals surface area contributed by atoms with E-state index in [-0.39, 0.29) is 48.0 Å². The lowest BCUT2D eigenvalue weighted by molar-refractivity contribution is -0.696. The van der Waals surface area contributed by atoms with E-state index in [2.05, 4.69) is 94.6 Å². The van der Waals surface area contributed by atoms with Crippen LogP contribution < -0.4 is 57.1 Å². The SMILES string of the molecule is [I-].[I-].c1ccc2c[n+](CCCCCCCCCCCCC[n+]3ccc4ccccc4c3)ccc2c1. The van der Waals surface area contributed by atoms with Crippen LogP contribution in [0.4, 0.5) is 0 Å². The molecule has 0 atom stereocenters. The van der Waals surface area contributed by atoms with Crippen LogP contribution in [0.3, 0.4) is 0 Å². The topological polar surface area (TPSA) is 7.76 Å². The van der Waals surface area contributed by atoms with Gasteiger partial charge in [0.05, 0.1) is 0 Å². The Morgan fingerprint density at radius 3 is 1.06 bits per heavy atom. The van der Waals surface area contributed by atoms with Crippen molar-refractivity contribution in [3.63, 3.8) is 0 Å². The van der Waals surface area contributed by atoms with Gasteiger partial charge in [-0.05, 0) is 35.7 Å². The van der Waals surface area contributed by atoms with Gasteiger partial charge in [-0.25, -0.2) is 9.13 Å². The van der Waals surface area contributed by atoms with Crippen LogP contribution in [0.2, 0.25) is 0 Å². The van der Waals surface area contributed by atoms with E-state index in [1.54, 1.807) is 0 Å². The second kappa shape index (κ2) is 17.2. The number of nitrogens with zero attached hydrogens (tertiary/aromatic N) is 2. The van der Waals surface area contributed by atoms with Crippen LogP contribution in [-0.2, 0) is 13.1 Å². The summed E-state index contributed by atoms with van der Waals surface area (Å²) in [6.07, 6.45) is 24.1. The van der Waals surface area contributed by atoms with E-state index in [9.17, 15) is 0 Å². The van der Waals surface area contributed by atoms with Crippen LogP contribution in [0.25, 0.3) is 21.5 Å². The predicted octanol–water partition coefficient (Wildman–Crippen LogP) is 1.57. The van der Waals surface area contributed by atoms with Gasteiger partial charge in [-0.3, -0.25) is 0 Å². The number of hydrogen-bond acceptors (Lipinski definition) is 0. The van der Waals surface area contributed by atoms with E-state index < -0.39 is 0 Å².